The Hall–Kier alpha value is -2.82. The number of benzene rings is 3. The van der Waals surface area contributed by atoms with Gasteiger partial charge in [-0.2, -0.15) is 0 Å². The van der Waals surface area contributed by atoms with Gasteiger partial charge in [-0.3, -0.25) is 9.59 Å². The minimum Gasteiger partial charge on any atom is -0.352 e. The smallest absolute Gasteiger partial charge is 0.243 e. The summed E-state index contributed by atoms with van der Waals surface area (Å²) in [4.78, 5) is 29.3. The molecule has 194 valence electrons. The lowest BCUT2D eigenvalue weighted by atomic mass is 9.94. The van der Waals surface area contributed by atoms with Gasteiger partial charge in [0.15, 0.2) is 0 Å². The van der Waals surface area contributed by atoms with Gasteiger partial charge in [-0.15, -0.1) is 0 Å². The van der Waals surface area contributed by atoms with E-state index < -0.39 is 6.04 Å². The largest absolute Gasteiger partial charge is 0.352 e. The van der Waals surface area contributed by atoms with Crippen LogP contribution in [0, 0.1) is 0 Å². The highest BCUT2D eigenvalue weighted by Gasteiger charge is 2.31. The van der Waals surface area contributed by atoms with E-state index in [9.17, 15) is 9.59 Å². The number of amides is 2. The predicted octanol–water partition coefficient (Wildman–Crippen LogP) is 7.02. The summed E-state index contributed by atoms with van der Waals surface area (Å²) in [5.41, 5.74) is 2.95. The molecule has 3 aromatic rings. The lowest BCUT2D eigenvalue weighted by Gasteiger charge is -2.33. The molecule has 2 amide bonds. The van der Waals surface area contributed by atoms with Crippen molar-refractivity contribution in [3.05, 3.63) is 106 Å². The van der Waals surface area contributed by atoms with Crippen LogP contribution in [0.15, 0.2) is 78.9 Å². The Morgan fingerprint density at radius 3 is 2.11 bits per heavy atom. The molecule has 1 aliphatic carbocycles. The summed E-state index contributed by atoms with van der Waals surface area (Å²) >= 11 is 12.5. The van der Waals surface area contributed by atoms with Crippen LogP contribution in [0.25, 0.3) is 0 Å². The molecule has 0 heterocycles. The van der Waals surface area contributed by atoms with E-state index in [1.54, 1.807) is 17.0 Å². The van der Waals surface area contributed by atoms with Crippen molar-refractivity contribution in [3.8, 4) is 0 Å². The monoisotopic (exact) mass is 536 g/mol. The molecule has 4 rings (SSSR count). The van der Waals surface area contributed by atoms with Gasteiger partial charge in [-0.25, -0.2) is 0 Å². The first-order valence-corrected chi connectivity index (χ1v) is 13.9. The van der Waals surface area contributed by atoms with Gasteiger partial charge < -0.3 is 10.2 Å². The molecular weight excluding hydrogens is 503 g/mol. The van der Waals surface area contributed by atoms with Crippen molar-refractivity contribution >= 4 is 35.0 Å². The van der Waals surface area contributed by atoms with E-state index in [4.69, 9.17) is 23.2 Å². The van der Waals surface area contributed by atoms with Crippen molar-refractivity contribution in [2.75, 3.05) is 0 Å². The van der Waals surface area contributed by atoms with Gasteiger partial charge >= 0.3 is 0 Å². The molecule has 0 unspecified atom stereocenters. The van der Waals surface area contributed by atoms with Crippen LogP contribution < -0.4 is 5.32 Å². The standard InChI is InChI=1S/C31H34Cl2N2O2/c32-27-18-16-25(20-28(27)33)22-35(30(36)19-17-23-10-4-1-5-11-23)29(21-24-12-6-2-7-13-24)31(37)34-26-14-8-3-9-15-26/h1-2,4-7,10-13,16,18,20,26,29H,3,8-9,14-15,17,19,21-22H2,(H,34,37)/t29-/m0/s1. The van der Waals surface area contributed by atoms with Crippen molar-refractivity contribution in [1.82, 2.24) is 10.2 Å². The molecule has 0 radical (unpaired) electrons. The first kappa shape index (κ1) is 27.2. The molecular formula is C31H34Cl2N2O2. The number of nitrogens with zero attached hydrogens (tertiary/aromatic N) is 1. The van der Waals surface area contributed by atoms with Gasteiger partial charge in [-0.05, 0) is 48.1 Å². The molecule has 1 fully saturated rings. The second-order valence-electron chi connectivity index (χ2n) is 9.80. The predicted molar refractivity (Wildman–Crippen MR) is 151 cm³/mol. The third-order valence-corrected chi connectivity index (χ3v) is 7.77. The van der Waals surface area contributed by atoms with Gasteiger partial charge in [0, 0.05) is 25.4 Å². The molecule has 1 saturated carbocycles. The summed E-state index contributed by atoms with van der Waals surface area (Å²) in [6.07, 6.45) is 6.79. The van der Waals surface area contributed by atoms with Crippen LogP contribution in [-0.2, 0) is 29.0 Å². The molecule has 0 aliphatic heterocycles. The third-order valence-electron chi connectivity index (χ3n) is 7.03. The zero-order valence-corrected chi connectivity index (χ0v) is 22.6. The summed E-state index contributed by atoms with van der Waals surface area (Å²) in [7, 11) is 0. The second-order valence-corrected chi connectivity index (χ2v) is 10.6. The Kier molecular flexibility index (Phi) is 10.0. The topological polar surface area (TPSA) is 49.4 Å². The Morgan fingerprint density at radius 2 is 1.46 bits per heavy atom. The lowest BCUT2D eigenvalue weighted by molar-refractivity contribution is -0.141. The van der Waals surface area contributed by atoms with E-state index in [1.165, 1.54) is 6.42 Å². The normalized spacial score (nSPS) is 14.6. The molecule has 6 heteroatoms. The molecule has 1 N–H and O–H groups in total. The molecule has 0 bridgehead atoms. The first-order valence-electron chi connectivity index (χ1n) is 13.1. The molecule has 0 saturated heterocycles. The number of hydrogen-bond acceptors (Lipinski definition) is 2. The maximum Gasteiger partial charge on any atom is 0.243 e. The minimum atomic E-state index is -0.637. The highest BCUT2D eigenvalue weighted by molar-refractivity contribution is 6.42. The first-order chi connectivity index (χ1) is 18.0. The van der Waals surface area contributed by atoms with Crippen molar-refractivity contribution in [2.24, 2.45) is 0 Å². The molecule has 37 heavy (non-hydrogen) atoms. The number of rotatable bonds is 10. The fourth-order valence-electron chi connectivity index (χ4n) is 4.97. The number of halogens is 2. The van der Waals surface area contributed by atoms with E-state index in [0.717, 1.165) is 42.4 Å². The van der Waals surface area contributed by atoms with Gasteiger partial charge in [-0.1, -0.05) is 109 Å². The Balaban J connectivity index is 1.62. The number of nitrogens with one attached hydrogen (secondary N) is 1. The summed E-state index contributed by atoms with van der Waals surface area (Å²) in [6.45, 7) is 0.278. The van der Waals surface area contributed by atoms with Crippen LogP contribution in [0.1, 0.15) is 55.2 Å². The fraction of sp³-hybridized carbons (Fsp3) is 0.355. The van der Waals surface area contributed by atoms with Crippen molar-refractivity contribution in [2.45, 2.75) is 70.0 Å². The number of aryl methyl sites for hydroxylation is 1. The van der Waals surface area contributed by atoms with Crippen molar-refractivity contribution in [3.63, 3.8) is 0 Å². The maximum atomic E-state index is 13.8. The highest BCUT2D eigenvalue weighted by atomic mass is 35.5. The van der Waals surface area contributed by atoms with Crippen LogP contribution in [0.5, 0.6) is 0 Å². The van der Waals surface area contributed by atoms with E-state index >= 15 is 0 Å². The SMILES string of the molecule is O=C(NC1CCCCC1)[C@H](Cc1ccccc1)N(Cc1ccc(Cl)c(Cl)c1)C(=O)CCc1ccccc1. The van der Waals surface area contributed by atoms with Gasteiger partial charge in [0.1, 0.15) is 6.04 Å². The fourth-order valence-corrected chi connectivity index (χ4v) is 5.29. The van der Waals surface area contributed by atoms with E-state index in [1.807, 2.05) is 66.7 Å². The zero-order valence-electron chi connectivity index (χ0n) is 21.0. The quantitative estimate of drug-likeness (QED) is 0.302. The average molecular weight is 538 g/mol. The maximum absolute atomic E-state index is 13.8. The molecule has 1 atom stereocenters. The van der Waals surface area contributed by atoms with E-state index in [2.05, 4.69) is 5.32 Å². The van der Waals surface area contributed by atoms with Crippen molar-refractivity contribution in [1.29, 1.82) is 0 Å². The Bertz CT molecular complexity index is 1160. The Labute approximate surface area is 230 Å². The minimum absolute atomic E-state index is 0.0605. The van der Waals surface area contributed by atoms with Crippen LogP contribution in [-0.4, -0.2) is 28.8 Å². The summed E-state index contributed by atoms with van der Waals surface area (Å²) in [5.74, 6) is -0.154. The van der Waals surface area contributed by atoms with Crippen LogP contribution in [0.4, 0.5) is 0 Å². The van der Waals surface area contributed by atoms with E-state index in [-0.39, 0.29) is 24.4 Å². The second kappa shape index (κ2) is 13.6. The van der Waals surface area contributed by atoms with Crippen LogP contribution >= 0.6 is 23.2 Å². The van der Waals surface area contributed by atoms with Gasteiger partial charge in [0.05, 0.1) is 10.0 Å². The summed E-state index contributed by atoms with van der Waals surface area (Å²) < 4.78 is 0. The third kappa shape index (κ3) is 8.08. The number of carbonyl (C=O) groups is 2. The summed E-state index contributed by atoms with van der Waals surface area (Å²) in [6, 6.07) is 24.8. The van der Waals surface area contributed by atoms with E-state index in [0.29, 0.717) is 29.3 Å². The lowest BCUT2D eigenvalue weighted by Crippen LogP contribution is -2.52. The molecule has 4 nitrogen and oxygen atoms in total. The highest BCUT2D eigenvalue weighted by Crippen LogP contribution is 2.25. The van der Waals surface area contributed by atoms with Gasteiger partial charge in [0.2, 0.25) is 11.8 Å². The molecule has 3 aromatic carbocycles. The number of carbonyl (C=O) groups excluding carboxylic acids is 2. The molecule has 1 aliphatic rings. The number of hydrogen-bond donors (Lipinski definition) is 1. The van der Waals surface area contributed by atoms with Crippen LogP contribution in [0.2, 0.25) is 10.0 Å². The summed E-state index contributed by atoms with van der Waals surface area (Å²) in [5, 5.41) is 4.17. The average Bonchev–Trinajstić information content (AvgIpc) is 2.93. The molecule has 0 aromatic heterocycles. The zero-order chi connectivity index (χ0) is 26.0. The van der Waals surface area contributed by atoms with Gasteiger partial charge in [0.25, 0.3) is 0 Å². The Morgan fingerprint density at radius 1 is 0.811 bits per heavy atom. The van der Waals surface area contributed by atoms with Crippen LogP contribution in [0.3, 0.4) is 0 Å². The molecule has 0 spiro atoms. The van der Waals surface area contributed by atoms with Crippen molar-refractivity contribution < 1.29 is 9.59 Å².